The first-order valence-electron chi connectivity index (χ1n) is 7.05. The van der Waals surface area contributed by atoms with Crippen LogP contribution in [0.5, 0.6) is 0 Å². The Balaban J connectivity index is 1.57. The molecule has 0 radical (unpaired) electrons. The summed E-state index contributed by atoms with van der Waals surface area (Å²) in [6.07, 6.45) is 5.23. The van der Waals surface area contributed by atoms with Gasteiger partial charge in [0.05, 0.1) is 6.10 Å². The van der Waals surface area contributed by atoms with Crippen LogP contribution in [-0.2, 0) is 9.53 Å². The third-order valence-corrected chi connectivity index (χ3v) is 3.90. The average molecular weight is 270 g/mol. The first-order valence-corrected chi connectivity index (χ1v) is 7.05. The molecule has 2 amide bonds. The van der Waals surface area contributed by atoms with Crippen LogP contribution in [0.1, 0.15) is 38.5 Å². The molecule has 19 heavy (non-hydrogen) atoms. The second-order valence-electron chi connectivity index (χ2n) is 5.40. The van der Waals surface area contributed by atoms with Crippen LogP contribution in [0.15, 0.2) is 0 Å². The Kier molecular flexibility index (Phi) is 5.01. The summed E-state index contributed by atoms with van der Waals surface area (Å²) in [5, 5.41) is 14.4. The van der Waals surface area contributed by atoms with Crippen molar-refractivity contribution in [3.05, 3.63) is 0 Å². The molecule has 1 heterocycles. The Bertz CT molecular complexity index is 329. The smallest absolute Gasteiger partial charge is 0.332 e. The van der Waals surface area contributed by atoms with E-state index in [-0.39, 0.29) is 12.1 Å². The molecule has 1 saturated heterocycles. The quantitative estimate of drug-likeness (QED) is 0.698. The molecule has 1 saturated carbocycles. The Labute approximate surface area is 112 Å². The van der Waals surface area contributed by atoms with Crippen molar-refractivity contribution in [2.24, 2.45) is 5.92 Å². The van der Waals surface area contributed by atoms with Crippen LogP contribution in [0.4, 0.5) is 4.79 Å². The largest absolute Gasteiger partial charge is 0.479 e. The van der Waals surface area contributed by atoms with Gasteiger partial charge in [-0.1, -0.05) is 12.8 Å². The maximum Gasteiger partial charge on any atom is 0.332 e. The monoisotopic (exact) mass is 270 g/mol. The fourth-order valence-electron chi connectivity index (χ4n) is 2.76. The molecule has 0 aromatic rings. The van der Waals surface area contributed by atoms with Gasteiger partial charge < -0.3 is 20.5 Å². The highest BCUT2D eigenvalue weighted by Crippen LogP contribution is 2.23. The van der Waals surface area contributed by atoms with Crippen LogP contribution in [0.25, 0.3) is 0 Å². The standard InChI is InChI=1S/C13H22N2O4/c16-12(17)11-6-5-10(19-11)8-15-13(18)14-7-9-3-1-2-4-9/h9-11H,1-8H2,(H,16,17)(H2,14,15,18). The van der Waals surface area contributed by atoms with E-state index < -0.39 is 12.1 Å². The Hall–Kier alpha value is -1.30. The molecule has 0 aromatic heterocycles. The van der Waals surface area contributed by atoms with Crippen LogP contribution >= 0.6 is 0 Å². The van der Waals surface area contributed by atoms with E-state index in [1.165, 1.54) is 25.7 Å². The Morgan fingerprint density at radius 2 is 1.74 bits per heavy atom. The molecule has 1 aliphatic heterocycles. The zero-order valence-corrected chi connectivity index (χ0v) is 11.1. The van der Waals surface area contributed by atoms with E-state index in [1.807, 2.05) is 0 Å². The highest BCUT2D eigenvalue weighted by Gasteiger charge is 2.30. The zero-order chi connectivity index (χ0) is 13.7. The van der Waals surface area contributed by atoms with E-state index in [0.717, 1.165) is 6.54 Å². The molecule has 2 unspecified atom stereocenters. The molecule has 6 heteroatoms. The molecule has 3 N–H and O–H groups in total. The number of carbonyl (C=O) groups excluding carboxylic acids is 1. The van der Waals surface area contributed by atoms with E-state index in [1.54, 1.807) is 0 Å². The third kappa shape index (κ3) is 4.38. The van der Waals surface area contributed by atoms with Gasteiger partial charge in [-0.2, -0.15) is 0 Å². The lowest BCUT2D eigenvalue weighted by atomic mass is 10.1. The molecule has 2 fully saturated rings. The molecule has 0 spiro atoms. The van der Waals surface area contributed by atoms with Gasteiger partial charge >= 0.3 is 12.0 Å². The van der Waals surface area contributed by atoms with Crippen LogP contribution in [0.3, 0.4) is 0 Å². The molecule has 2 rings (SSSR count). The summed E-state index contributed by atoms with van der Waals surface area (Å²) in [5.41, 5.74) is 0. The topological polar surface area (TPSA) is 87.7 Å². The van der Waals surface area contributed by atoms with E-state index in [9.17, 15) is 9.59 Å². The maximum atomic E-state index is 11.6. The summed E-state index contributed by atoms with van der Waals surface area (Å²) in [5.74, 6) is -0.307. The molecule has 0 bridgehead atoms. The average Bonchev–Trinajstić information content (AvgIpc) is 3.05. The predicted molar refractivity (Wildman–Crippen MR) is 68.9 cm³/mol. The summed E-state index contributed by atoms with van der Waals surface area (Å²) in [7, 11) is 0. The number of carboxylic acid groups (broad SMARTS) is 1. The summed E-state index contributed by atoms with van der Waals surface area (Å²) < 4.78 is 5.31. The SMILES string of the molecule is O=C(NCC1CCCC1)NCC1CCC(C(=O)O)O1. The van der Waals surface area contributed by atoms with Crippen LogP contribution in [-0.4, -0.2) is 42.4 Å². The molecular weight excluding hydrogens is 248 g/mol. The molecule has 2 atom stereocenters. The zero-order valence-electron chi connectivity index (χ0n) is 11.1. The molecule has 0 aromatic carbocycles. The summed E-state index contributed by atoms with van der Waals surface area (Å²) >= 11 is 0. The van der Waals surface area contributed by atoms with Gasteiger partial charge in [0.2, 0.25) is 0 Å². The Morgan fingerprint density at radius 1 is 1.05 bits per heavy atom. The molecule has 1 aliphatic carbocycles. The van der Waals surface area contributed by atoms with Crippen molar-refractivity contribution in [3.63, 3.8) is 0 Å². The number of amides is 2. The molecule has 2 aliphatic rings. The van der Waals surface area contributed by atoms with E-state index in [4.69, 9.17) is 9.84 Å². The fourth-order valence-corrected chi connectivity index (χ4v) is 2.76. The van der Waals surface area contributed by atoms with Gasteiger partial charge in [-0.15, -0.1) is 0 Å². The van der Waals surface area contributed by atoms with Gasteiger partial charge in [-0.3, -0.25) is 0 Å². The molecule has 108 valence electrons. The van der Waals surface area contributed by atoms with Gasteiger partial charge in [0.15, 0.2) is 6.10 Å². The number of carboxylic acids is 1. The number of hydrogen-bond donors (Lipinski definition) is 3. The number of urea groups is 1. The van der Waals surface area contributed by atoms with Crippen molar-refractivity contribution in [2.45, 2.75) is 50.7 Å². The van der Waals surface area contributed by atoms with Crippen molar-refractivity contribution >= 4 is 12.0 Å². The van der Waals surface area contributed by atoms with Crippen molar-refractivity contribution in [3.8, 4) is 0 Å². The van der Waals surface area contributed by atoms with Gasteiger partial charge in [0, 0.05) is 13.1 Å². The Morgan fingerprint density at radius 3 is 2.37 bits per heavy atom. The summed E-state index contributed by atoms with van der Waals surface area (Å²) in [6.45, 7) is 1.11. The van der Waals surface area contributed by atoms with Crippen molar-refractivity contribution in [1.82, 2.24) is 10.6 Å². The minimum atomic E-state index is -0.923. The number of hydrogen-bond acceptors (Lipinski definition) is 3. The van der Waals surface area contributed by atoms with Crippen LogP contribution < -0.4 is 10.6 Å². The lowest BCUT2D eigenvalue weighted by molar-refractivity contribution is -0.149. The van der Waals surface area contributed by atoms with Crippen molar-refractivity contribution < 1.29 is 19.4 Å². The van der Waals surface area contributed by atoms with Gasteiger partial charge in [-0.05, 0) is 31.6 Å². The third-order valence-electron chi connectivity index (χ3n) is 3.90. The van der Waals surface area contributed by atoms with Crippen molar-refractivity contribution in [2.75, 3.05) is 13.1 Å². The first-order chi connectivity index (χ1) is 9.15. The van der Waals surface area contributed by atoms with Crippen molar-refractivity contribution in [1.29, 1.82) is 0 Å². The minimum absolute atomic E-state index is 0.182. The summed E-state index contributed by atoms with van der Waals surface area (Å²) in [4.78, 5) is 22.3. The lowest BCUT2D eigenvalue weighted by Gasteiger charge is -2.14. The van der Waals surface area contributed by atoms with Gasteiger partial charge in [0.1, 0.15) is 0 Å². The van der Waals surface area contributed by atoms with E-state index in [2.05, 4.69) is 10.6 Å². The minimum Gasteiger partial charge on any atom is -0.479 e. The van der Waals surface area contributed by atoms with Crippen LogP contribution in [0.2, 0.25) is 0 Å². The van der Waals surface area contributed by atoms with Gasteiger partial charge in [-0.25, -0.2) is 9.59 Å². The molecule has 6 nitrogen and oxygen atoms in total. The highest BCUT2D eigenvalue weighted by atomic mass is 16.5. The maximum absolute atomic E-state index is 11.6. The number of nitrogens with one attached hydrogen (secondary N) is 2. The number of carbonyl (C=O) groups is 2. The van der Waals surface area contributed by atoms with E-state index in [0.29, 0.717) is 25.3 Å². The highest BCUT2D eigenvalue weighted by molar-refractivity contribution is 5.74. The predicted octanol–water partition coefficient (Wildman–Crippen LogP) is 1.11. The second kappa shape index (κ2) is 6.75. The summed E-state index contributed by atoms with van der Waals surface area (Å²) in [6, 6.07) is -0.186. The number of ether oxygens (including phenoxy) is 1. The molecular formula is C13H22N2O4. The first kappa shape index (κ1) is 14.1. The lowest BCUT2D eigenvalue weighted by Crippen LogP contribution is -2.41. The number of rotatable bonds is 5. The van der Waals surface area contributed by atoms with E-state index >= 15 is 0 Å². The number of aliphatic carboxylic acids is 1. The van der Waals surface area contributed by atoms with Crippen LogP contribution in [0, 0.1) is 5.92 Å². The fraction of sp³-hybridized carbons (Fsp3) is 0.846. The van der Waals surface area contributed by atoms with Gasteiger partial charge in [0.25, 0.3) is 0 Å². The second-order valence-corrected chi connectivity index (χ2v) is 5.40. The normalized spacial score (nSPS) is 27.4.